The van der Waals surface area contributed by atoms with Crippen LogP contribution in [0.2, 0.25) is 0 Å². The summed E-state index contributed by atoms with van der Waals surface area (Å²) in [7, 11) is 0. The fraction of sp³-hybridized carbons (Fsp3) is 0.811. The van der Waals surface area contributed by atoms with Gasteiger partial charge in [-0.05, 0) is 12.1 Å². The number of rotatable bonds is 15. The van der Waals surface area contributed by atoms with E-state index in [2.05, 4.69) is 0 Å². The van der Waals surface area contributed by atoms with Crippen molar-refractivity contribution in [2.75, 3.05) is 33.0 Å². The fourth-order valence-corrected chi connectivity index (χ4v) is 7.61. The number of carbonyl (C=O) groups is 1. The number of carbonyl (C=O) groups excluding carboxylic acids is 1. The van der Waals surface area contributed by atoms with Gasteiger partial charge in [-0.2, -0.15) is 0 Å². The van der Waals surface area contributed by atoms with Crippen LogP contribution in [0.4, 0.5) is 0 Å². The summed E-state index contributed by atoms with van der Waals surface area (Å²) in [6, 6.07) is 7.41. The maximum absolute atomic E-state index is 13.0. The molecule has 0 unspecified atom stereocenters. The highest BCUT2D eigenvalue weighted by molar-refractivity contribution is 5.89. The van der Waals surface area contributed by atoms with E-state index >= 15 is 0 Å². The molecule has 5 heterocycles. The average Bonchev–Trinajstić information content (AvgIpc) is 3.29. The number of esters is 1. The highest BCUT2D eigenvalue weighted by Gasteiger charge is 2.55. The van der Waals surface area contributed by atoms with Crippen molar-refractivity contribution in [3.8, 4) is 0 Å². The highest BCUT2D eigenvalue weighted by atomic mass is 16.8. The van der Waals surface area contributed by atoms with E-state index in [1.807, 2.05) is 0 Å². The van der Waals surface area contributed by atoms with Crippen LogP contribution in [-0.2, 0) is 47.4 Å². The van der Waals surface area contributed by atoms with Gasteiger partial charge in [0.15, 0.2) is 31.3 Å². The van der Waals surface area contributed by atoms with Crippen LogP contribution < -0.4 is 0 Å². The summed E-state index contributed by atoms with van der Waals surface area (Å²) in [5, 5.41) is 168. The number of hydrogen-bond acceptors (Lipinski definition) is 27. The molecule has 5 aliphatic rings. The van der Waals surface area contributed by atoms with Crippen molar-refractivity contribution in [1.82, 2.24) is 0 Å². The van der Waals surface area contributed by atoms with Crippen LogP contribution in [0.1, 0.15) is 10.4 Å². The molecule has 1 aromatic rings. The molecule has 6 rings (SSSR count). The van der Waals surface area contributed by atoms with Crippen molar-refractivity contribution >= 4 is 5.97 Å². The van der Waals surface area contributed by atoms with Gasteiger partial charge in [0.25, 0.3) is 0 Å². The van der Waals surface area contributed by atoms with E-state index in [9.17, 15) is 86.5 Å². The Kier molecular flexibility index (Phi) is 17.7. The lowest BCUT2D eigenvalue weighted by atomic mass is 9.96. The van der Waals surface area contributed by atoms with Crippen molar-refractivity contribution in [2.24, 2.45) is 0 Å². The van der Waals surface area contributed by atoms with Crippen molar-refractivity contribution in [2.45, 2.75) is 154 Å². The van der Waals surface area contributed by atoms with Gasteiger partial charge in [0.2, 0.25) is 6.29 Å². The first-order valence-corrected chi connectivity index (χ1v) is 20.2. The van der Waals surface area contributed by atoms with Gasteiger partial charge in [-0.3, -0.25) is 0 Å². The summed E-state index contributed by atoms with van der Waals surface area (Å²) in [5.74, 6) is -1.01. The molecule has 0 spiro atoms. The zero-order valence-electron chi connectivity index (χ0n) is 33.5. The van der Waals surface area contributed by atoms with E-state index in [1.54, 1.807) is 6.07 Å². The van der Waals surface area contributed by atoms with E-state index in [1.165, 1.54) is 24.3 Å². The van der Waals surface area contributed by atoms with Gasteiger partial charge in [-0.15, -0.1) is 0 Å². The topological polar surface area (TPSA) is 433 Å². The second-order valence-electron chi connectivity index (χ2n) is 15.8. The number of hydrogen-bond donors (Lipinski definition) is 16. The summed E-state index contributed by atoms with van der Waals surface area (Å²) in [6.45, 7) is -4.14. The first kappa shape index (κ1) is 51.1. The Morgan fingerprint density at radius 1 is 0.406 bits per heavy atom. The summed E-state index contributed by atoms with van der Waals surface area (Å²) >= 11 is 0. The van der Waals surface area contributed by atoms with E-state index < -0.39 is 193 Å². The second-order valence-corrected chi connectivity index (χ2v) is 15.8. The van der Waals surface area contributed by atoms with Crippen LogP contribution >= 0.6 is 0 Å². The predicted molar refractivity (Wildman–Crippen MR) is 196 cm³/mol. The molecule has 27 nitrogen and oxygen atoms in total. The Balaban J connectivity index is 1.15. The van der Waals surface area contributed by atoms with E-state index in [4.69, 9.17) is 47.4 Å². The smallest absolute Gasteiger partial charge is 0.340 e. The van der Waals surface area contributed by atoms with Gasteiger partial charge >= 0.3 is 5.97 Å². The van der Waals surface area contributed by atoms with Crippen LogP contribution in [-0.4, -0.2) is 274 Å². The number of aliphatic hydroxyl groups is 16. The zero-order chi connectivity index (χ0) is 46.7. The third-order valence-electron chi connectivity index (χ3n) is 11.5. The zero-order valence-corrected chi connectivity index (χ0v) is 33.5. The van der Waals surface area contributed by atoms with Crippen molar-refractivity contribution in [1.29, 1.82) is 0 Å². The lowest BCUT2D eigenvalue weighted by Crippen LogP contribution is -2.67. The molecule has 27 heteroatoms. The third-order valence-corrected chi connectivity index (χ3v) is 11.5. The molecule has 16 N–H and O–H groups in total. The SMILES string of the molecule is O=C(O[C@@H]1O[C@H](CO)[C@@H](O)[C@H](O)[C@H]1O[C@@H]1O[C@H](CO)[C@@H](O)[C@H](O)[C@H]1O[C@@H]1O[C@H](CO[C@@H]2O[C@H](CO[C@@H]3O[C@H](CO)[C@@H](O)[C@H](O)[C@H]3O)[C@@H](O)[C@H](O)[C@H]2O)[C@@H](O)[C@H](O)[C@H]1O)c1ccccc1. The van der Waals surface area contributed by atoms with Gasteiger partial charge < -0.3 is 129 Å². The molecular weight excluding hydrogens is 876 g/mol. The Hall–Kier alpha value is -2.31. The minimum absolute atomic E-state index is 0.0155. The highest BCUT2D eigenvalue weighted by Crippen LogP contribution is 2.34. The minimum atomic E-state index is -2.15. The van der Waals surface area contributed by atoms with Gasteiger partial charge in [-0.25, -0.2) is 4.79 Å². The molecule has 5 aliphatic heterocycles. The maximum atomic E-state index is 13.0. The van der Waals surface area contributed by atoms with Gasteiger partial charge in [0, 0.05) is 0 Å². The third kappa shape index (κ3) is 10.8. The number of benzene rings is 1. The minimum Gasteiger partial charge on any atom is -0.429 e. The number of ether oxygens (including phenoxy) is 10. The van der Waals surface area contributed by atoms with Crippen LogP contribution in [0.25, 0.3) is 0 Å². The Morgan fingerprint density at radius 3 is 1.22 bits per heavy atom. The maximum Gasteiger partial charge on any atom is 0.340 e. The van der Waals surface area contributed by atoms with Gasteiger partial charge in [0.05, 0.1) is 38.6 Å². The standard InChI is InChI=1S/C37H56O27/c38-6-12-17(41)22(46)27(51)33(57-12)55-9-15-20(44)23(47)28(52)34(60-15)56-10-16-21(45)24(48)29(53)35(61-16)62-30-25(49)18(42)13(7-39)58-36(30)63-31-26(50)19(43)14(8-40)59-37(31)64-32(54)11-4-2-1-3-5-11/h1-5,12-31,33-53H,6-10H2/t12-,13-,14-,15-,16-,17-,18-,19-,20-,21-,22+,23+,24+,25+,26+,27-,28-,29-,30-,31-,33-,34-,35+,36+,37+/m1/s1. The molecule has 0 saturated carbocycles. The van der Waals surface area contributed by atoms with Crippen LogP contribution in [0.3, 0.4) is 0 Å². The van der Waals surface area contributed by atoms with E-state index in [0.717, 1.165) is 0 Å². The lowest BCUT2D eigenvalue weighted by Gasteiger charge is -2.48. The van der Waals surface area contributed by atoms with E-state index in [0.29, 0.717) is 0 Å². The quantitative estimate of drug-likeness (QED) is 0.0726. The normalized spacial score (nSPS) is 47.8. The first-order chi connectivity index (χ1) is 30.4. The summed E-state index contributed by atoms with van der Waals surface area (Å²) in [6.07, 6.45) is -46.7. The predicted octanol–water partition coefficient (Wildman–Crippen LogP) is -10.1. The van der Waals surface area contributed by atoms with Crippen molar-refractivity contribution in [3.05, 3.63) is 35.9 Å². The summed E-state index contributed by atoms with van der Waals surface area (Å²) in [5.41, 5.74) is 0.0155. The molecule has 5 fully saturated rings. The molecule has 0 bridgehead atoms. The largest absolute Gasteiger partial charge is 0.429 e. The molecule has 0 radical (unpaired) electrons. The lowest BCUT2D eigenvalue weighted by molar-refractivity contribution is -0.392. The molecule has 366 valence electrons. The average molecular weight is 933 g/mol. The molecule has 0 amide bonds. The fourth-order valence-electron chi connectivity index (χ4n) is 7.61. The summed E-state index contributed by atoms with van der Waals surface area (Å²) < 4.78 is 55.7. The van der Waals surface area contributed by atoms with Crippen LogP contribution in [0, 0.1) is 0 Å². The van der Waals surface area contributed by atoms with Crippen molar-refractivity contribution in [3.63, 3.8) is 0 Å². The molecule has 0 aromatic heterocycles. The molecule has 1 aromatic carbocycles. The van der Waals surface area contributed by atoms with Gasteiger partial charge in [0.1, 0.15) is 116 Å². The second kappa shape index (κ2) is 22.2. The van der Waals surface area contributed by atoms with Crippen LogP contribution in [0.5, 0.6) is 0 Å². The molecule has 5 saturated heterocycles. The van der Waals surface area contributed by atoms with Crippen molar-refractivity contribution < 1.29 is 134 Å². The Labute approximate surface area is 362 Å². The first-order valence-electron chi connectivity index (χ1n) is 20.2. The number of aliphatic hydroxyl groups excluding tert-OH is 16. The molecule has 25 atom stereocenters. The van der Waals surface area contributed by atoms with Crippen LogP contribution in [0.15, 0.2) is 30.3 Å². The summed E-state index contributed by atoms with van der Waals surface area (Å²) in [4.78, 5) is 13.0. The molecular formula is C37H56O27. The Bertz CT molecular complexity index is 1600. The molecule has 0 aliphatic carbocycles. The van der Waals surface area contributed by atoms with E-state index in [-0.39, 0.29) is 5.56 Å². The van der Waals surface area contributed by atoms with Gasteiger partial charge in [-0.1, -0.05) is 18.2 Å². The monoisotopic (exact) mass is 932 g/mol. The Morgan fingerprint density at radius 2 is 0.750 bits per heavy atom. The molecule has 64 heavy (non-hydrogen) atoms.